The Balaban J connectivity index is 0.814. The maximum Gasteiger partial charge on any atom is 0.409 e. The lowest BCUT2D eigenvalue weighted by Gasteiger charge is -2.42. The molecule has 4 bridgehead atoms. The number of likely N-dealkylation sites (tertiary alicyclic amines) is 1. The van der Waals surface area contributed by atoms with E-state index in [-0.39, 0.29) is 72.6 Å². The molecule has 18 nitrogen and oxygen atoms in total. The molecule has 3 saturated heterocycles. The molecule has 0 radical (unpaired) electrons. The van der Waals surface area contributed by atoms with Gasteiger partial charge >= 0.3 is 12.1 Å². The maximum absolute atomic E-state index is 14.5. The van der Waals surface area contributed by atoms with Crippen LogP contribution in [0.15, 0.2) is 127 Å². The van der Waals surface area contributed by atoms with Crippen LogP contribution in [0.2, 0.25) is 5.02 Å². The third-order valence-corrected chi connectivity index (χ3v) is 19.5. The highest BCUT2D eigenvalue weighted by molar-refractivity contribution is 8.00. The minimum Gasteiger partial charge on any atom is -0.495 e. The minimum absolute atomic E-state index is 0.00153. The molecule has 1 saturated carbocycles. The van der Waals surface area contributed by atoms with Gasteiger partial charge in [0, 0.05) is 64.6 Å². The largest absolute Gasteiger partial charge is 0.495 e. The summed E-state index contributed by atoms with van der Waals surface area (Å²) in [6.07, 6.45) is 2.84. The molecule has 0 aromatic heterocycles. The molecule has 4 aromatic carbocycles. The first-order valence-corrected chi connectivity index (χ1v) is 30.8. The lowest BCUT2D eigenvalue weighted by Crippen LogP contribution is -2.63. The van der Waals surface area contributed by atoms with Gasteiger partial charge in [-0.05, 0) is 93.2 Å². The first kappa shape index (κ1) is 63.5. The number of nitrogens with one attached hydrogen (secondary N) is 2. The summed E-state index contributed by atoms with van der Waals surface area (Å²) in [5, 5.41) is 17.5. The smallest absolute Gasteiger partial charge is 0.409 e. The topological polar surface area (TPSA) is 223 Å². The van der Waals surface area contributed by atoms with Gasteiger partial charge in [0.05, 0.1) is 30.6 Å². The number of esters is 1. The van der Waals surface area contributed by atoms with E-state index in [2.05, 4.69) is 10.6 Å². The van der Waals surface area contributed by atoms with E-state index in [0.29, 0.717) is 43.5 Å². The van der Waals surface area contributed by atoms with Crippen molar-refractivity contribution in [2.24, 2.45) is 17.8 Å². The summed E-state index contributed by atoms with van der Waals surface area (Å²) < 4.78 is 29.6. The van der Waals surface area contributed by atoms with Crippen LogP contribution in [0.3, 0.4) is 0 Å². The number of alkyl carbamates (subject to hydrolysis) is 1. The molecule has 9 atom stereocenters. The zero-order valence-electron chi connectivity index (χ0n) is 50.0. The number of fused-ring (bicyclic) bond motifs is 5. The minimum atomic E-state index is -1.89. The van der Waals surface area contributed by atoms with Gasteiger partial charge in [-0.25, -0.2) is 9.59 Å². The molecule has 6 amide bonds. The van der Waals surface area contributed by atoms with Crippen LogP contribution in [0.5, 0.6) is 5.75 Å². The van der Waals surface area contributed by atoms with Gasteiger partial charge < -0.3 is 43.9 Å². The second-order valence-electron chi connectivity index (χ2n) is 23.6. The van der Waals surface area contributed by atoms with Crippen LogP contribution in [0.1, 0.15) is 101 Å². The molecule has 9 rings (SSSR count). The summed E-state index contributed by atoms with van der Waals surface area (Å²) in [4.78, 5) is 101. The molecule has 4 fully saturated rings. The molecule has 20 heteroatoms. The second kappa shape index (κ2) is 26.9. The summed E-state index contributed by atoms with van der Waals surface area (Å²) in [6.45, 7) is 7.15. The predicted molar refractivity (Wildman–Crippen MR) is 326 cm³/mol. The van der Waals surface area contributed by atoms with Crippen molar-refractivity contribution in [1.29, 1.82) is 0 Å². The number of carbonyl (C=O) groups excluding carboxylic acids is 7. The number of rotatable bonds is 16. The molecule has 4 aromatic rings. The fourth-order valence-corrected chi connectivity index (χ4v) is 14.0. The van der Waals surface area contributed by atoms with Crippen LogP contribution in [0.4, 0.5) is 10.5 Å². The van der Waals surface area contributed by atoms with Crippen LogP contribution >= 0.6 is 23.4 Å². The van der Waals surface area contributed by atoms with Crippen molar-refractivity contribution in [3.8, 4) is 5.75 Å². The monoisotopic (exact) mass is 1220 g/mol. The molecule has 86 heavy (non-hydrogen) atoms. The summed E-state index contributed by atoms with van der Waals surface area (Å²) in [5.41, 5.74) is 0.682. The van der Waals surface area contributed by atoms with E-state index in [4.69, 9.17) is 35.3 Å². The van der Waals surface area contributed by atoms with Gasteiger partial charge in [-0.15, -0.1) is 11.8 Å². The van der Waals surface area contributed by atoms with Gasteiger partial charge in [-0.3, -0.25) is 34.2 Å². The van der Waals surface area contributed by atoms with E-state index in [0.717, 1.165) is 27.8 Å². The number of imide groups is 1. The molecule has 458 valence electrons. The van der Waals surface area contributed by atoms with Crippen LogP contribution in [-0.2, 0) is 59.7 Å². The van der Waals surface area contributed by atoms with E-state index in [1.807, 2.05) is 104 Å². The number of nitrogens with zero attached hydrogens (tertiary/aromatic N) is 3. The summed E-state index contributed by atoms with van der Waals surface area (Å²) >= 11 is 8.08. The third-order valence-electron chi connectivity index (χ3n) is 18.0. The van der Waals surface area contributed by atoms with E-state index >= 15 is 0 Å². The Bertz CT molecular complexity index is 3120. The van der Waals surface area contributed by atoms with Gasteiger partial charge in [0.15, 0.2) is 5.72 Å². The summed E-state index contributed by atoms with van der Waals surface area (Å²) in [7, 11) is 5.92. The number of anilines is 1. The van der Waals surface area contributed by atoms with Crippen molar-refractivity contribution in [3.63, 3.8) is 0 Å². The highest BCUT2D eigenvalue weighted by Crippen LogP contribution is 2.50. The normalized spacial score (nSPS) is 28.4. The predicted octanol–water partition coefficient (Wildman–Crippen LogP) is 8.68. The summed E-state index contributed by atoms with van der Waals surface area (Å²) in [5.74, 6) is -2.69. The Hall–Kier alpha value is -7.03. The van der Waals surface area contributed by atoms with E-state index in [9.17, 15) is 38.7 Å². The number of hydrogen-bond acceptors (Lipinski definition) is 14. The molecule has 4 aliphatic heterocycles. The molecule has 3 unspecified atom stereocenters. The van der Waals surface area contributed by atoms with Gasteiger partial charge in [-0.1, -0.05) is 133 Å². The van der Waals surface area contributed by atoms with Gasteiger partial charge in [0.1, 0.15) is 46.3 Å². The fraction of sp³-hybridized carbons (Fsp3) is 0.470. The molecular weight excluding hydrogens is 1140 g/mol. The number of allylic oxidation sites excluding steroid dienone is 3. The third kappa shape index (κ3) is 13.6. The molecular formula is C66H78ClN5O13S. The van der Waals surface area contributed by atoms with E-state index in [1.54, 1.807) is 45.2 Å². The first-order valence-electron chi connectivity index (χ1n) is 29.4. The zero-order valence-corrected chi connectivity index (χ0v) is 51.6. The Morgan fingerprint density at radius 2 is 1.53 bits per heavy atom. The van der Waals surface area contributed by atoms with Crippen molar-refractivity contribution in [2.45, 2.75) is 138 Å². The lowest BCUT2D eigenvalue weighted by molar-refractivity contribution is -0.162. The second-order valence-corrected chi connectivity index (χ2v) is 25.3. The summed E-state index contributed by atoms with van der Waals surface area (Å²) in [6, 6.07) is 32.3. The number of aliphatic hydroxyl groups is 1. The Labute approximate surface area is 512 Å². The average molecular weight is 1220 g/mol. The number of epoxide rings is 1. The van der Waals surface area contributed by atoms with Crippen LogP contribution in [0, 0.1) is 17.8 Å². The highest BCUT2D eigenvalue weighted by atomic mass is 35.5. The lowest BCUT2D eigenvalue weighted by atomic mass is 9.75. The first-order chi connectivity index (χ1) is 41.1. The van der Waals surface area contributed by atoms with E-state index < -0.39 is 82.4 Å². The Morgan fingerprint density at radius 3 is 2.13 bits per heavy atom. The number of hydrogen-bond donors (Lipinski definition) is 3. The number of halogens is 1. The van der Waals surface area contributed by atoms with Crippen LogP contribution in [-0.4, -0.2) is 144 Å². The zero-order chi connectivity index (χ0) is 61.7. The van der Waals surface area contributed by atoms with Crippen molar-refractivity contribution >= 4 is 70.6 Å². The fourth-order valence-electron chi connectivity index (χ4n) is 12.6. The Morgan fingerprint density at radius 1 is 0.919 bits per heavy atom. The van der Waals surface area contributed by atoms with Crippen molar-refractivity contribution < 1.29 is 62.4 Å². The molecule has 0 spiro atoms. The number of methoxy groups -OCH3 is 2. The maximum atomic E-state index is 14.5. The standard InChI is InChI=1S/C66H78ClN5O13S/c1-40-19-18-26-53(82-8)65(80)38-51(83-63(79)69-65)41(2)59-64(4,85-59)54(37-56(74)71(6)49-34-44(33-40)35-50(81-7)58(49)67)84-62(78)42(3)70(5)55(73)31-32-86-52-36-57(75)72(61(52)77)39-43-27-29-45(30-28-43)60(76)68-66(46-20-12-9-13-21-46,47-22-14-10-15-23-47)48-24-16-11-17-25-48/h9-26,34-35,41-43,45,51-54,59,80H,27-33,36-39H2,1-8H3,(H,68,76)(H,69,79)/b26-18+,40-19+/t41-,42+,43?,45?,51?,52?,53-,54+,59+,64?,65+/m1/s1. The number of ether oxygens (including phenoxy) is 5. The number of thioether (sulfide) groups is 1. The highest BCUT2D eigenvalue weighted by Gasteiger charge is 2.64. The van der Waals surface area contributed by atoms with E-state index in [1.165, 1.54) is 54.7 Å². The number of benzene rings is 4. The van der Waals surface area contributed by atoms with Gasteiger partial charge in [0.2, 0.25) is 29.5 Å². The quantitative estimate of drug-likeness (QED) is 0.0413. The molecule has 1 aliphatic carbocycles. The number of amides is 6. The van der Waals surface area contributed by atoms with Crippen molar-refractivity contribution in [2.75, 3.05) is 45.5 Å². The average Bonchev–Trinajstić information content (AvgIpc) is 1.65. The number of likely N-dealkylation sites (N-methyl/N-ethyl adjacent to an activating group) is 1. The SMILES string of the molecule is COc1cc2cc(c1Cl)N(C)C(=O)C[C@H](OC(=O)[C@H](C)N(C)C(=O)CCSC1CC(=O)N(CC3CCC(C(=O)NC(c4ccccc4)(c4ccccc4)c4ccccc4)CC3)C1=O)C1(C)O[C@H]1[C@H](C)C1C[C@@](O)(NC(=O)O1)[C@H](OC)/C=C/C=C(\C)C2. The Kier molecular flexibility index (Phi) is 19.9. The van der Waals surface area contributed by atoms with Gasteiger partial charge in [0.25, 0.3) is 0 Å². The molecule has 4 heterocycles. The van der Waals surface area contributed by atoms with Gasteiger partial charge in [-0.2, -0.15) is 0 Å². The van der Waals surface area contributed by atoms with Crippen molar-refractivity contribution in [3.05, 3.63) is 154 Å². The van der Waals surface area contributed by atoms with Crippen LogP contribution < -0.4 is 20.3 Å². The van der Waals surface area contributed by atoms with Crippen molar-refractivity contribution in [1.82, 2.24) is 20.4 Å². The molecule has 3 N–H and O–H groups in total. The van der Waals surface area contributed by atoms with Crippen LogP contribution in [0.25, 0.3) is 0 Å². The molecule has 5 aliphatic rings. The number of carbonyl (C=O) groups is 7.